The summed E-state index contributed by atoms with van der Waals surface area (Å²) in [5, 5.41) is 0. The first kappa shape index (κ1) is 11.3. The summed E-state index contributed by atoms with van der Waals surface area (Å²) in [7, 11) is 0. The zero-order valence-corrected chi connectivity index (χ0v) is 9.18. The molecule has 0 radical (unpaired) electrons. The van der Waals surface area contributed by atoms with Crippen molar-refractivity contribution in [2.24, 2.45) is 0 Å². The number of carbonyl (C=O) groups excluding carboxylic acids is 1. The van der Waals surface area contributed by atoms with Gasteiger partial charge in [-0.2, -0.15) is 0 Å². The Hall–Kier alpha value is -0.740. The molecule has 0 N–H and O–H groups in total. The van der Waals surface area contributed by atoms with E-state index < -0.39 is 0 Å². The first-order chi connectivity index (χ1) is 6.83. The minimum absolute atomic E-state index is 0.227. The maximum absolute atomic E-state index is 11.4. The van der Waals surface area contributed by atoms with Gasteiger partial charge in [0, 0.05) is 30.5 Å². The standard InChI is InChI=1S/C10H15NO2S/c1-2-4-13-5-3-9(12)6-10-7-11-8-14-10/h7-8H,2-6H2,1H3. The molecule has 1 rings (SSSR count). The van der Waals surface area contributed by atoms with E-state index in [2.05, 4.69) is 11.9 Å². The van der Waals surface area contributed by atoms with Crippen molar-refractivity contribution in [1.82, 2.24) is 4.98 Å². The Bertz CT molecular complexity index is 259. The van der Waals surface area contributed by atoms with Gasteiger partial charge in [0.1, 0.15) is 5.78 Å². The van der Waals surface area contributed by atoms with Crippen LogP contribution in [0.4, 0.5) is 0 Å². The third-order valence-corrected chi connectivity index (χ3v) is 2.51. The van der Waals surface area contributed by atoms with E-state index >= 15 is 0 Å². The molecule has 0 bridgehead atoms. The fraction of sp³-hybridized carbons (Fsp3) is 0.600. The number of ketones is 1. The summed E-state index contributed by atoms with van der Waals surface area (Å²) in [4.78, 5) is 16.3. The predicted octanol–water partition coefficient (Wildman–Crippen LogP) is 2.07. The molecule has 14 heavy (non-hydrogen) atoms. The predicted molar refractivity (Wildman–Crippen MR) is 56.6 cm³/mol. The lowest BCUT2D eigenvalue weighted by Crippen LogP contribution is -2.06. The molecule has 0 aliphatic carbocycles. The van der Waals surface area contributed by atoms with Crippen LogP contribution in [0.25, 0.3) is 0 Å². The van der Waals surface area contributed by atoms with E-state index in [1.165, 1.54) is 11.3 Å². The molecule has 0 saturated carbocycles. The van der Waals surface area contributed by atoms with Gasteiger partial charge in [-0.25, -0.2) is 0 Å². The number of aromatic nitrogens is 1. The van der Waals surface area contributed by atoms with Crippen LogP contribution in [0, 0.1) is 0 Å². The number of nitrogens with zero attached hydrogens (tertiary/aromatic N) is 1. The monoisotopic (exact) mass is 213 g/mol. The van der Waals surface area contributed by atoms with Crippen LogP contribution in [0.2, 0.25) is 0 Å². The molecule has 78 valence electrons. The maximum atomic E-state index is 11.4. The Kier molecular flexibility index (Phi) is 5.40. The Morgan fingerprint density at radius 3 is 3.07 bits per heavy atom. The van der Waals surface area contributed by atoms with Gasteiger partial charge in [0.25, 0.3) is 0 Å². The number of hydrogen-bond acceptors (Lipinski definition) is 4. The number of carbonyl (C=O) groups is 1. The van der Waals surface area contributed by atoms with Gasteiger partial charge in [0.15, 0.2) is 0 Å². The smallest absolute Gasteiger partial charge is 0.140 e. The summed E-state index contributed by atoms with van der Waals surface area (Å²) in [6.07, 6.45) is 3.76. The summed E-state index contributed by atoms with van der Waals surface area (Å²) in [6, 6.07) is 0. The van der Waals surface area contributed by atoms with Gasteiger partial charge in [-0.3, -0.25) is 9.78 Å². The molecule has 1 heterocycles. The average Bonchev–Trinajstić information content (AvgIpc) is 2.65. The lowest BCUT2D eigenvalue weighted by Gasteiger charge is -2.00. The van der Waals surface area contributed by atoms with Gasteiger partial charge < -0.3 is 4.74 Å². The third kappa shape index (κ3) is 4.48. The molecule has 0 unspecified atom stereocenters. The van der Waals surface area contributed by atoms with Gasteiger partial charge in [0.2, 0.25) is 0 Å². The second-order valence-corrected chi connectivity index (χ2v) is 4.02. The van der Waals surface area contributed by atoms with Gasteiger partial charge in [0.05, 0.1) is 12.1 Å². The molecule has 4 heteroatoms. The Morgan fingerprint density at radius 2 is 2.43 bits per heavy atom. The van der Waals surface area contributed by atoms with E-state index in [1.54, 1.807) is 11.7 Å². The fourth-order valence-corrected chi connectivity index (χ4v) is 1.67. The lowest BCUT2D eigenvalue weighted by molar-refractivity contribution is -0.119. The first-order valence-corrected chi connectivity index (χ1v) is 5.67. The second-order valence-electron chi connectivity index (χ2n) is 3.05. The number of thiazole rings is 1. The maximum Gasteiger partial charge on any atom is 0.140 e. The van der Waals surface area contributed by atoms with Gasteiger partial charge >= 0.3 is 0 Å². The van der Waals surface area contributed by atoms with Crippen molar-refractivity contribution in [3.63, 3.8) is 0 Å². The highest BCUT2D eigenvalue weighted by atomic mass is 32.1. The van der Waals surface area contributed by atoms with Crippen LogP contribution < -0.4 is 0 Å². The molecule has 0 aliphatic heterocycles. The van der Waals surface area contributed by atoms with Crippen LogP contribution in [-0.2, 0) is 16.0 Å². The van der Waals surface area contributed by atoms with Crippen molar-refractivity contribution < 1.29 is 9.53 Å². The Morgan fingerprint density at radius 1 is 1.57 bits per heavy atom. The summed E-state index contributed by atoms with van der Waals surface area (Å²) in [5.41, 5.74) is 1.75. The molecule has 3 nitrogen and oxygen atoms in total. The molecular formula is C10H15NO2S. The van der Waals surface area contributed by atoms with Crippen molar-refractivity contribution in [3.05, 3.63) is 16.6 Å². The zero-order valence-electron chi connectivity index (χ0n) is 8.36. The highest BCUT2D eigenvalue weighted by Gasteiger charge is 2.04. The van der Waals surface area contributed by atoms with Crippen LogP contribution in [-0.4, -0.2) is 24.0 Å². The summed E-state index contributed by atoms with van der Waals surface area (Å²) in [6.45, 7) is 3.35. The van der Waals surface area contributed by atoms with E-state index in [9.17, 15) is 4.79 Å². The van der Waals surface area contributed by atoms with Gasteiger partial charge in [-0.05, 0) is 6.42 Å². The Balaban J connectivity index is 2.11. The van der Waals surface area contributed by atoms with Crippen LogP contribution >= 0.6 is 11.3 Å². The van der Waals surface area contributed by atoms with Crippen molar-refractivity contribution in [3.8, 4) is 0 Å². The number of ether oxygens (including phenoxy) is 1. The van der Waals surface area contributed by atoms with Crippen LogP contribution in [0.1, 0.15) is 24.6 Å². The zero-order chi connectivity index (χ0) is 10.2. The van der Waals surface area contributed by atoms with Crippen LogP contribution in [0.3, 0.4) is 0 Å². The molecule has 0 fully saturated rings. The minimum Gasteiger partial charge on any atom is -0.381 e. The third-order valence-electron chi connectivity index (χ3n) is 1.73. The SMILES string of the molecule is CCCOCCC(=O)Cc1cncs1. The first-order valence-electron chi connectivity index (χ1n) is 4.79. The number of Topliss-reactive ketones (excluding diaryl/α,β-unsaturated/α-hetero) is 1. The quantitative estimate of drug-likeness (QED) is 0.651. The molecule has 0 atom stereocenters. The highest BCUT2D eigenvalue weighted by Crippen LogP contribution is 2.07. The van der Waals surface area contributed by atoms with Gasteiger partial charge in [-0.1, -0.05) is 6.92 Å². The lowest BCUT2D eigenvalue weighted by atomic mass is 10.2. The molecule has 0 aliphatic rings. The molecule has 1 aromatic heterocycles. The average molecular weight is 213 g/mol. The number of rotatable bonds is 7. The Labute approximate surface area is 88.1 Å². The summed E-state index contributed by atoms with van der Waals surface area (Å²) in [5.74, 6) is 0.227. The van der Waals surface area contributed by atoms with E-state index in [-0.39, 0.29) is 5.78 Å². The minimum atomic E-state index is 0.227. The topological polar surface area (TPSA) is 39.2 Å². The summed E-state index contributed by atoms with van der Waals surface area (Å²) >= 11 is 1.52. The second kappa shape index (κ2) is 6.68. The summed E-state index contributed by atoms with van der Waals surface area (Å²) < 4.78 is 5.24. The van der Waals surface area contributed by atoms with Crippen molar-refractivity contribution in [2.45, 2.75) is 26.2 Å². The largest absolute Gasteiger partial charge is 0.381 e. The molecular weight excluding hydrogens is 198 g/mol. The van der Waals surface area contributed by atoms with Crippen molar-refractivity contribution in [2.75, 3.05) is 13.2 Å². The fourth-order valence-electron chi connectivity index (χ4n) is 1.04. The van der Waals surface area contributed by atoms with Gasteiger partial charge in [-0.15, -0.1) is 11.3 Å². The molecule has 0 saturated heterocycles. The van der Waals surface area contributed by atoms with E-state index in [4.69, 9.17) is 4.74 Å². The van der Waals surface area contributed by atoms with E-state index in [1.807, 2.05) is 0 Å². The van der Waals surface area contributed by atoms with Crippen LogP contribution in [0.5, 0.6) is 0 Å². The van der Waals surface area contributed by atoms with E-state index in [0.29, 0.717) is 19.4 Å². The van der Waals surface area contributed by atoms with Crippen molar-refractivity contribution in [1.29, 1.82) is 0 Å². The van der Waals surface area contributed by atoms with E-state index in [0.717, 1.165) is 17.9 Å². The molecule has 1 aromatic rings. The highest BCUT2D eigenvalue weighted by molar-refractivity contribution is 7.09. The molecule has 0 spiro atoms. The normalized spacial score (nSPS) is 10.4. The number of hydrogen-bond donors (Lipinski definition) is 0. The molecule has 0 amide bonds. The molecule has 0 aromatic carbocycles. The van der Waals surface area contributed by atoms with Crippen molar-refractivity contribution >= 4 is 17.1 Å². The van der Waals surface area contributed by atoms with Crippen LogP contribution in [0.15, 0.2) is 11.7 Å².